The van der Waals surface area contributed by atoms with Gasteiger partial charge in [0, 0.05) is 12.6 Å². The molecule has 7 nitrogen and oxygen atoms in total. The molecule has 0 spiro atoms. The quantitative estimate of drug-likeness (QED) is 0.582. The second-order valence-corrected chi connectivity index (χ2v) is 6.91. The third-order valence-corrected chi connectivity index (χ3v) is 4.42. The van der Waals surface area contributed by atoms with E-state index in [2.05, 4.69) is 5.32 Å². The van der Waals surface area contributed by atoms with Crippen LogP contribution in [-0.4, -0.2) is 19.9 Å². The van der Waals surface area contributed by atoms with Crippen LogP contribution in [-0.2, 0) is 22.6 Å². The Morgan fingerprint density at radius 1 is 1.12 bits per heavy atom. The van der Waals surface area contributed by atoms with Gasteiger partial charge in [-0.3, -0.25) is 10.1 Å². The maximum Gasteiger partial charge on any atom is 0.416 e. The van der Waals surface area contributed by atoms with Crippen LogP contribution in [0.4, 0.5) is 24.5 Å². The predicted molar refractivity (Wildman–Crippen MR) is 88.1 cm³/mol. The van der Waals surface area contributed by atoms with Gasteiger partial charge in [0.05, 0.1) is 15.4 Å². The number of nitrogens with one attached hydrogen (secondary N) is 1. The number of anilines is 1. The number of rotatable bonds is 6. The normalized spacial score (nSPS) is 12.0. The minimum Gasteiger partial charge on any atom is -0.379 e. The Morgan fingerprint density at radius 2 is 1.73 bits per heavy atom. The molecule has 0 heterocycles. The van der Waals surface area contributed by atoms with Gasteiger partial charge in [-0.2, -0.15) is 13.2 Å². The monoisotopic (exact) mass is 389 g/mol. The number of nitro benzene ring substituents is 1. The summed E-state index contributed by atoms with van der Waals surface area (Å²) in [5.41, 5.74) is -0.545. The lowest BCUT2D eigenvalue weighted by atomic mass is 10.1. The molecule has 0 aromatic heterocycles. The summed E-state index contributed by atoms with van der Waals surface area (Å²) in [6.07, 6.45) is -4.10. The van der Waals surface area contributed by atoms with Crippen molar-refractivity contribution in [3.8, 4) is 0 Å². The molecule has 2 aromatic rings. The molecule has 0 aliphatic rings. The summed E-state index contributed by atoms with van der Waals surface area (Å²) in [4.78, 5) is 9.94. The third kappa shape index (κ3) is 4.92. The van der Waals surface area contributed by atoms with E-state index in [4.69, 9.17) is 5.14 Å². The van der Waals surface area contributed by atoms with Gasteiger partial charge < -0.3 is 5.32 Å². The smallest absolute Gasteiger partial charge is 0.379 e. The van der Waals surface area contributed by atoms with E-state index in [1.807, 2.05) is 0 Å². The summed E-state index contributed by atoms with van der Waals surface area (Å²) in [5, 5.41) is 18.8. The fraction of sp³-hybridized carbons (Fsp3) is 0.200. The zero-order valence-electron chi connectivity index (χ0n) is 13.2. The average molecular weight is 389 g/mol. The number of halogens is 3. The van der Waals surface area contributed by atoms with Gasteiger partial charge in [0.2, 0.25) is 10.0 Å². The van der Waals surface area contributed by atoms with Gasteiger partial charge >= 0.3 is 6.18 Å². The second kappa shape index (κ2) is 7.30. The summed E-state index contributed by atoms with van der Waals surface area (Å²) >= 11 is 0. The first kappa shape index (κ1) is 19.7. The van der Waals surface area contributed by atoms with E-state index in [1.54, 1.807) is 0 Å². The van der Waals surface area contributed by atoms with Gasteiger partial charge in [-0.15, -0.1) is 0 Å². The predicted octanol–water partition coefficient (Wildman–Crippen LogP) is 2.92. The number of nitrogens with two attached hydrogens (primary N) is 1. The zero-order chi connectivity index (χ0) is 19.5. The first-order valence-corrected chi connectivity index (χ1v) is 8.74. The minimum atomic E-state index is -4.41. The van der Waals surface area contributed by atoms with Crippen LogP contribution in [0.2, 0.25) is 0 Å². The molecule has 3 N–H and O–H groups in total. The molecule has 0 unspecified atom stereocenters. The molecule has 0 amide bonds. The van der Waals surface area contributed by atoms with E-state index < -0.39 is 37.3 Å². The largest absolute Gasteiger partial charge is 0.416 e. The average Bonchev–Trinajstić information content (AvgIpc) is 2.53. The van der Waals surface area contributed by atoms with E-state index in [0.29, 0.717) is 12.0 Å². The first-order chi connectivity index (χ1) is 12.0. The molecule has 2 aromatic carbocycles. The summed E-state index contributed by atoms with van der Waals surface area (Å²) in [6.45, 7) is 0.195. The Hall–Kier alpha value is -2.66. The topological polar surface area (TPSA) is 115 Å². The SMILES string of the molecule is NS(=O)(=O)c1ccc(NCCc2ccc(C(F)(F)F)cc2)c([N+](=O)[O-])c1. The van der Waals surface area contributed by atoms with Crippen LogP contribution < -0.4 is 10.5 Å². The van der Waals surface area contributed by atoms with Gasteiger partial charge in [-0.05, 0) is 36.2 Å². The number of benzene rings is 2. The van der Waals surface area contributed by atoms with Gasteiger partial charge in [-0.1, -0.05) is 12.1 Å². The molecule has 0 saturated heterocycles. The summed E-state index contributed by atoms with van der Waals surface area (Å²) in [6, 6.07) is 7.74. The number of alkyl halides is 3. The van der Waals surface area contributed by atoms with E-state index in [-0.39, 0.29) is 12.2 Å². The van der Waals surface area contributed by atoms with E-state index >= 15 is 0 Å². The minimum absolute atomic E-state index is 0.0781. The molecular weight excluding hydrogens is 375 g/mol. The van der Waals surface area contributed by atoms with E-state index in [9.17, 15) is 31.7 Å². The van der Waals surface area contributed by atoms with Crippen molar-refractivity contribution < 1.29 is 26.5 Å². The lowest BCUT2D eigenvalue weighted by molar-refractivity contribution is -0.384. The number of sulfonamides is 1. The van der Waals surface area contributed by atoms with Crippen LogP contribution in [0, 0.1) is 10.1 Å². The van der Waals surface area contributed by atoms with Crippen molar-refractivity contribution in [3.63, 3.8) is 0 Å². The van der Waals surface area contributed by atoms with Crippen molar-refractivity contribution in [2.24, 2.45) is 5.14 Å². The number of hydrogen-bond acceptors (Lipinski definition) is 5. The molecule has 0 radical (unpaired) electrons. The molecule has 0 saturated carbocycles. The van der Waals surface area contributed by atoms with Crippen molar-refractivity contribution >= 4 is 21.4 Å². The second-order valence-electron chi connectivity index (χ2n) is 5.35. The Bertz CT molecular complexity index is 913. The maximum absolute atomic E-state index is 12.5. The molecule has 11 heteroatoms. The lowest BCUT2D eigenvalue weighted by Crippen LogP contribution is -2.13. The Morgan fingerprint density at radius 3 is 2.23 bits per heavy atom. The van der Waals surface area contributed by atoms with Crippen molar-refractivity contribution in [3.05, 3.63) is 63.7 Å². The molecule has 0 fully saturated rings. The van der Waals surface area contributed by atoms with Crippen LogP contribution in [0.25, 0.3) is 0 Å². The van der Waals surface area contributed by atoms with Crippen molar-refractivity contribution in [1.29, 1.82) is 0 Å². The fourth-order valence-corrected chi connectivity index (χ4v) is 2.72. The fourth-order valence-electron chi connectivity index (χ4n) is 2.19. The van der Waals surface area contributed by atoms with Crippen molar-refractivity contribution in [2.75, 3.05) is 11.9 Å². The number of primary sulfonamides is 1. The third-order valence-electron chi connectivity index (χ3n) is 3.50. The lowest BCUT2D eigenvalue weighted by Gasteiger charge is -2.10. The zero-order valence-corrected chi connectivity index (χ0v) is 14.0. The molecule has 0 bridgehead atoms. The number of hydrogen-bond donors (Lipinski definition) is 2. The van der Waals surface area contributed by atoms with E-state index in [0.717, 1.165) is 24.3 Å². The molecule has 140 valence electrons. The molecular formula is C15H14F3N3O4S. The molecule has 26 heavy (non-hydrogen) atoms. The van der Waals surface area contributed by atoms with Gasteiger partial charge in [0.15, 0.2) is 0 Å². The van der Waals surface area contributed by atoms with Crippen LogP contribution in [0.15, 0.2) is 47.4 Å². The Kier molecular flexibility index (Phi) is 5.52. The molecule has 0 atom stereocenters. The standard InChI is InChI=1S/C15H14F3N3O4S/c16-15(17,18)11-3-1-10(2-4-11)7-8-20-13-6-5-12(26(19,24)25)9-14(13)21(22)23/h1-6,9,20H,7-8H2,(H2,19,24,25). The van der Waals surface area contributed by atoms with Crippen LogP contribution in [0.3, 0.4) is 0 Å². The highest BCUT2D eigenvalue weighted by Gasteiger charge is 2.29. The summed E-state index contributed by atoms with van der Waals surface area (Å²) in [7, 11) is -4.08. The summed E-state index contributed by atoms with van der Waals surface area (Å²) < 4.78 is 60.0. The van der Waals surface area contributed by atoms with Crippen LogP contribution >= 0.6 is 0 Å². The van der Waals surface area contributed by atoms with Gasteiger partial charge in [0.25, 0.3) is 5.69 Å². The number of nitro groups is 1. The van der Waals surface area contributed by atoms with Crippen LogP contribution in [0.1, 0.15) is 11.1 Å². The van der Waals surface area contributed by atoms with Gasteiger partial charge in [0.1, 0.15) is 5.69 Å². The summed E-state index contributed by atoms with van der Waals surface area (Å²) in [5.74, 6) is 0. The first-order valence-electron chi connectivity index (χ1n) is 7.20. The highest BCUT2D eigenvalue weighted by molar-refractivity contribution is 7.89. The van der Waals surface area contributed by atoms with Crippen molar-refractivity contribution in [2.45, 2.75) is 17.5 Å². The van der Waals surface area contributed by atoms with E-state index in [1.165, 1.54) is 18.2 Å². The maximum atomic E-state index is 12.5. The molecule has 0 aliphatic carbocycles. The van der Waals surface area contributed by atoms with Crippen molar-refractivity contribution in [1.82, 2.24) is 0 Å². The molecule has 0 aliphatic heterocycles. The van der Waals surface area contributed by atoms with Gasteiger partial charge in [-0.25, -0.2) is 13.6 Å². The van der Waals surface area contributed by atoms with Crippen LogP contribution in [0.5, 0.6) is 0 Å². The highest BCUT2D eigenvalue weighted by Crippen LogP contribution is 2.29. The molecule has 2 rings (SSSR count). The Balaban J connectivity index is 2.09. The number of nitrogens with zero attached hydrogens (tertiary/aromatic N) is 1. The Labute approximate surface area is 146 Å². The highest BCUT2D eigenvalue weighted by atomic mass is 32.2.